The summed E-state index contributed by atoms with van der Waals surface area (Å²) in [4.78, 5) is 8.87. The standard InChI is InChI=1S/C25H33ClN2.C5H8N2/c1-4-7-18-15-20(8-5-2)25(28-6-3)24(19-11-13-27-14-12-19)23-10-9-22(26)17-21(23)16-18;1-5-6-3-4-7(5)2/h6,8-10,16-17,19,24,27H,3-5,7,11-15H2,1-2H3;3-4H,1-2H3/b18-16-,20-8-,28-25?;. The van der Waals surface area contributed by atoms with Crippen LogP contribution in [0.25, 0.3) is 6.08 Å². The molecule has 2 heterocycles. The minimum absolute atomic E-state index is 0.296. The number of nitrogens with one attached hydrogen (secondary N) is 1. The van der Waals surface area contributed by atoms with Crippen LogP contribution in [-0.2, 0) is 7.05 Å². The number of piperidine rings is 1. The molecule has 1 atom stereocenters. The van der Waals surface area contributed by atoms with Crippen molar-refractivity contribution in [2.24, 2.45) is 18.0 Å². The Morgan fingerprint density at radius 3 is 2.60 bits per heavy atom. The molecule has 1 aromatic carbocycles. The SMILES string of the molecule is C=CN=C1/C(=C\CC)C/C(CCC)=C\c2cc(Cl)ccc2C1C1CCNCC1.Cc1nccn1C. The highest BCUT2D eigenvalue weighted by molar-refractivity contribution is 6.30. The molecule has 4 nitrogen and oxygen atoms in total. The maximum Gasteiger partial charge on any atom is 0.105 e. The van der Waals surface area contributed by atoms with Gasteiger partial charge in [0.1, 0.15) is 5.82 Å². The van der Waals surface area contributed by atoms with Crippen molar-refractivity contribution < 1.29 is 0 Å². The third kappa shape index (κ3) is 7.28. The van der Waals surface area contributed by atoms with E-state index in [1.54, 1.807) is 12.4 Å². The minimum atomic E-state index is 0.296. The van der Waals surface area contributed by atoms with E-state index in [9.17, 15) is 0 Å². The number of hydrogen-bond acceptors (Lipinski definition) is 3. The number of aliphatic imine (C=N–C) groups is 1. The first-order valence-corrected chi connectivity index (χ1v) is 13.4. The molecule has 1 fully saturated rings. The van der Waals surface area contributed by atoms with Crippen molar-refractivity contribution in [3.05, 3.63) is 82.6 Å². The third-order valence-electron chi connectivity index (χ3n) is 6.95. The van der Waals surface area contributed by atoms with Gasteiger partial charge in [0, 0.05) is 36.6 Å². The Bertz CT molecular complexity index is 1050. The van der Waals surface area contributed by atoms with Gasteiger partial charge in [-0.05, 0) is 86.9 Å². The average Bonchev–Trinajstić information content (AvgIpc) is 3.22. The van der Waals surface area contributed by atoms with Crippen molar-refractivity contribution in [3.8, 4) is 0 Å². The third-order valence-corrected chi connectivity index (χ3v) is 7.19. The Hall–Kier alpha value is -2.43. The fourth-order valence-corrected chi connectivity index (χ4v) is 5.35. The summed E-state index contributed by atoms with van der Waals surface area (Å²) in [5.41, 5.74) is 6.70. The molecule has 1 aliphatic carbocycles. The number of hydrogen-bond donors (Lipinski definition) is 1. The van der Waals surface area contributed by atoms with Crippen molar-refractivity contribution in [1.82, 2.24) is 14.9 Å². The van der Waals surface area contributed by atoms with Crippen molar-refractivity contribution in [2.75, 3.05) is 13.1 Å². The molecule has 0 amide bonds. The molecule has 1 unspecified atom stereocenters. The van der Waals surface area contributed by atoms with Gasteiger partial charge in [0.05, 0.1) is 5.71 Å². The first-order valence-electron chi connectivity index (χ1n) is 13.0. The highest BCUT2D eigenvalue weighted by Gasteiger charge is 2.33. The Labute approximate surface area is 216 Å². The predicted octanol–water partition coefficient (Wildman–Crippen LogP) is 7.66. The van der Waals surface area contributed by atoms with E-state index in [0.29, 0.717) is 11.8 Å². The van der Waals surface area contributed by atoms with Crippen LogP contribution in [0.1, 0.15) is 75.2 Å². The van der Waals surface area contributed by atoms with Gasteiger partial charge >= 0.3 is 0 Å². The number of aryl methyl sites for hydroxylation is 2. The maximum absolute atomic E-state index is 6.41. The lowest BCUT2D eigenvalue weighted by atomic mass is 9.72. The quantitative estimate of drug-likeness (QED) is 0.465. The van der Waals surface area contributed by atoms with Crippen LogP contribution in [0.3, 0.4) is 0 Å². The fraction of sp³-hybridized carbons (Fsp3) is 0.467. The Morgan fingerprint density at radius 2 is 2.03 bits per heavy atom. The first-order chi connectivity index (χ1) is 17.0. The van der Waals surface area contributed by atoms with Crippen LogP contribution in [0.5, 0.6) is 0 Å². The molecule has 5 heteroatoms. The molecule has 188 valence electrons. The average molecular weight is 493 g/mol. The number of rotatable bonds is 5. The van der Waals surface area contributed by atoms with E-state index in [4.69, 9.17) is 16.6 Å². The number of imidazole rings is 1. The van der Waals surface area contributed by atoms with Gasteiger partial charge in [-0.25, -0.2) is 4.98 Å². The Morgan fingerprint density at radius 1 is 1.26 bits per heavy atom. The first kappa shape index (κ1) is 27.2. The summed E-state index contributed by atoms with van der Waals surface area (Å²) < 4.78 is 1.97. The summed E-state index contributed by atoms with van der Waals surface area (Å²) in [5.74, 6) is 1.94. The lowest BCUT2D eigenvalue weighted by molar-refractivity contribution is 0.356. The molecule has 1 aromatic heterocycles. The number of aromatic nitrogens is 2. The summed E-state index contributed by atoms with van der Waals surface area (Å²) in [7, 11) is 1.97. The van der Waals surface area contributed by atoms with Gasteiger partial charge in [-0.15, -0.1) is 0 Å². The zero-order chi connectivity index (χ0) is 25.2. The number of nitrogens with zero attached hydrogens (tertiary/aromatic N) is 3. The fourth-order valence-electron chi connectivity index (χ4n) is 5.17. The zero-order valence-corrected chi connectivity index (χ0v) is 22.6. The van der Waals surface area contributed by atoms with Gasteiger partial charge in [0.2, 0.25) is 0 Å². The maximum atomic E-state index is 6.41. The highest BCUT2D eigenvalue weighted by Crippen LogP contribution is 2.41. The topological polar surface area (TPSA) is 42.2 Å². The number of allylic oxidation sites excluding steroid dienone is 3. The van der Waals surface area contributed by atoms with Gasteiger partial charge in [-0.1, -0.05) is 62.2 Å². The van der Waals surface area contributed by atoms with Crippen molar-refractivity contribution >= 4 is 23.4 Å². The smallest absolute Gasteiger partial charge is 0.105 e. The lowest BCUT2D eigenvalue weighted by Crippen LogP contribution is -2.34. The molecule has 2 aromatic rings. The van der Waals surface area contributed by atoms with Gasteiger partial charge in [-0.3, -0.25) is 4.99 Å². The molecule has 4 rings (SSSR count). The van der Waals surface area contributed by atoms with E-state index < -0.39 is 0 Å². The van der Waals surface area contributed by atoms with Crippen LogP contribution in [0.4, 0.5) is 0 Å². The summed E-state index contributed by atoms with van der Waals surface area (Å²) in [6.07, 6.45) is 16.8. The summed E-state index contributed by atoms with van der Waals surface area (Å²) in [6.45, 7) is 12.5. The monoisotopic (exact) mass is 492 g/mol. The van der Waals surface area contributed by atoms with Crippen LogP contribution in [-0.4, -0.2) is 28.4 Å². The summed E-state index contributed by atoms with van der Waals surface area (Å²) in [6, 6.07) is 6.41. The number of halogens is 1. The van der Waals surface area contributed by atoms with E-state index >= 15 is 0 Å². The Balaban J connectivity index is 0.000000420. The summed E-state index contributed by atoms with van der Waals surface area (Å²) in [5, 5.41) is 4.32. The van der Waals surface area contributed by atoms with Gasteiger partial charge < -0.3 is 9.88 Å². The number of benzene rings is 1. The summed E-state index contributed by atoms with van der Waals surface area (Å²) >= 11 is 6.41. The largest absolute Gasteiger partial charge is 0.338 e. The van der Waals surface area contributed by atoms with Crippen molar-refractivity contribution in [2.45, 2.75) is 65.2 Å². The molecular weight excluding hydrogens is 452 g/mol. The van der Waals surface area contributed by atoms with E-state index in [1.165, 1.54) is 40.8 Å². The van der Waals surface area contributed by atoms with Crippen LogP contribution in [0.15, 0.2) is 65.6 Å². The molecule has 1 N–H and O–H groups in total. The van der Waals surface area contributed by atoms with Crippen LogP contribution in [0, 0.1) is 12.8 Å². The van der Waals surface area contributed by atoms with Crippen LogP contribution < -0.4 is 5.32 Å². The highest BCUT2D eigenvalue weighted by atomic mass is 35.5. The van der Waals surface area contributed by atoms with E-state index in [-0.39, 0.29) is 0 Å². The molecule has 2 aliphatic rings. The lowest BCUT2D eigenvalue weighted by Gasteiger charge is -2.35. The van der Waals surface area contributed by atoms with Gasteiger partial charge in [0.25, 0.3) is 0 Å². The second-order valence-corrected chi connectivity index (χ2v) is 9.92. The second kappa shape index (κ2) is 13.6. The zero-order valence-electron chi connectivity index (χ0n) is 21.9. The molecule has 0 bridgehead atoms. The van der Waals surface area contributed by atoms with Crippen LogP contribution >= 0.6 is 11.6 Å². The molecule has 0 spiro atoms. The van der Waals surface area contributed by atoms with E-state index in [0.717, 1.165) is 49.6 Å². The minimum Gasteiger partial charge on any atom is -0.338 e. The predicted molar refractivity (Wildman–Crippen MR) is 151 cm³/mol. The molecule has 0 saturated carbocycles. The molecule has 1 saturated heterocycles. The van der Waals surface area contributed by atoms with Gasteiger partial charge in [-0.2, -0.15) is 0 Å². The second-order valence-electron chi connectivity index (χ2n) is 9.49. The number of fused-ring (bicyclic) bond motifs is 1. The van der Waals surface area contributed by atoms with Gasteiger partial charge in [0.15, 0.2) is 0 Å². The van der Waals surface area contributed by atoms with Crippen molar-refractivity contribution in [1.29, 1.82) is 0 Å². The molecule has 35 heavy (non-hydrogen) atoms. The van der Waals surface area contributed by atoms with Crippen molar-refractivity contribution in [3.63, 3.8) is 0 Å². The van der Waals surface area contributed by atoms with E-state index in [2.05, 4.69) is 55.0 Å². The normalized spacial score (nSPS) is 22.4. The van der Waals surface area contributed by atoms with E-state index in [1.807, 2.05) is 30.8 Å². The molecule has 1 aliphatic heterocycles. The molecular formula is C30H41ClN4. The molecule has 0 radical (unpaired) electrons. The van der Waals surface area contributed by atoms with Crippen LogP contribution in [0.2, 0.25) is 5.02 Å². The Kier molecular flexibility index (Phi) is 10.6.